The maximum absolute atomic E-state index is 14.6. The summed E-state index contributed by atoms with van der Waals surface area (Å²) in [5, 5.41) is 17.9. The second kappa shape index (κ2) is 9.55. The Labute approximate surface area is 213 Å². The quantitative estimate of drug-likeness (QED) is 0.392. The largest absolute Gasteiger partial charge is 0.349 e. The monoisotopic (exact) mass is 506 g/mol. The van der Waals surface area contributed by atoms with Crippen LogP contribution in [0, 0.1) is 24.1 Å². The summed E-state index contributed by atoms with van der Waals surface area (Å²) in [5.74, 6) is 0.165. The number of hydrogen-bond acceptors (Lipinski definition) is 8. The van der Waals surface area contributed by atoms with Crippen LogP contribution >= 0.6 is 0 Å². The van der Waals surface area contributed by atoms with E-state index in [1.807, 2.05) is 6.07 Å². The molecule has 0 radical (unpaired) electrons. The molecule has 12 heteroatoms. The maximum atomic E-state index is 14.6. The molecule has 0 aliphatic carbocycles. The molecule has 5 heterocycles. The third-order valence-corrected chi connectivity index (χ3v) is 7.53. The average Bonchev–Trinajstić information content (AvgIpc) is 3.45. The smallest absolute Gasteiger partial charge is 0.349 e. The van der Waals surface area contributed by atoms with Crippen LogP contribution in [0.2, 0.25) is 0 Å². The van der Waals surface area contributed by atoms with Gasteiger partial charge in [-0.15, -0.1) is 0 Å². The molecule has 4 aromatic rings. The van der Waals surface area contributed by atoms with Crippen molar-refractivity contribution in [1.29, 1.82) is 5.26 Å². The molecule has 0 bridgehead atoms. The summed E-state index contributed by atoms with van der Waals surface area (Å²) in [5.41, 5.74) is 2.27. The zero-order chi connectivity index (χ0) is 26.4. The van der Waals surface area contributed by atoms with E-state index < -0.39 is 5.82 Å². The van der Waals surface area contributed by atoms with Gasteiger partial charge in [0, 0.05) is 44.5 Å². The zero-order valence-corrected chi connectivity index (χ0v) is 21.8. The van der Waals surface area contributed by atoms with Gasteiger partial charge in [-0.05, 0) is 32.8 Å². The van der Waals surface area contributed by atoms with Crippen molar-refractivity contribution in [2.24, 2.45) is 7.05 Å². The predicted molar refractivity (Wildman–Crippen MR) is 137 cm³/mol. The van der Waals surface area contributed by atoms with Crippen molar-refractivity contribution >= 4 is 22.5 Å². The van der Waals surface area contributed by atoms with E-state index in [1.54, 1.807) is 31.0 Å². The average molecular weight is 507 g/mol. The first kappa shape index (κ1) is 24.8. The van der Waals surface area contributed by atoms with Gasteiger partial charge in [0.1, 0.15) is 6.54 Å². The van der Waals surface area contributed by atoms with Crippen molar-refractivity contribution in [3.63, 3.8) is 0 Å². The Bertz CT molecular complexity index is 1560. The number of hydrogen-bond donors (Lipinski definition) is 0. The maximum Gasteiger partial charge on any atom is 0.349 e. The lowest BCUT2D eigenvalue weighted by Gasteiger charge is -2.48. The highest BCUT2D eigenvalue weighted by Crippen LogP contribution is 2.33. The Hall–Kier alpha value is -3.85. The zero-order valence-electron chi connectivity index (χ0n) is 21.8. The van der Waals surface area contributed by atoms with Crippen LogP contribution in [-0.2, 0) is 13.6 Å². The summed E-state index contributed by atoms with van der Waals surface area (Å²) in [6.07, 6.45) is 5.19. The van der Waals surface area contributed by atoms with E-state index in [9.17, 15) is 9.18 Å². The number of fused-ring (bicyclic) bond motifs is 2. The topological polar surface area (TPSA) is 113 Å². The van der Waals surface area contributed by atoms with Crippen molar-refractivity contribution in [1.82, 2.24) is 38.8 Å². The van der Waals surface area contributed by atoms with Gasteiger partial charge in [-0.3, -0.25) is 14.1 Å². The Morgan fingerprint density at radius 2 is 1.95 bits per heavy atom. The molecule has 1 fully saturated rings. The van der Waals surface area contributed by atoms with E-state index in [0.29, 0.717) is 29.1 Å². The number of anilines is 1. The fourth-order valence-corrected chi connectivity index (χ4v) is 5.34. The van der Waals surface area contributed by atoms with E-state index in [2.05, 4.69) is 56.8 Å². The molecular weight excluding hydrogens is 475 g/mol. The highest BCUT2D eigenvalue weighted by Gasteiger charge is 2.37. The van der Waals surface area contributed by atoms with Gasteiger partial charge in [-0.2, -0.15) is 20.4 Å². The number of piperazine rings is 1. The van der Waals surface area contributed by atoms with Crippen LogP contribution < -0.4 is 10.6 Å². The second-order valence-electron chi connectivity index (χ2n) is 9.66. The van der Waals surface area contributed by atoms with E-state index in [1.165, 1.54) is 9.08 Å². The lowest BCUT2D eigenvalue weighted by Crippen LogP contribution is -2.59. The predicted octanol–water partition coefficient (Wildman–Crippen LogP) is 2.58. The lowest BCUT2D eigenvalue weighted by molar-refractivity contribution is 0.0988. The number of aryl methyl sites for hydroxylation is 2. The van der Waals surface area contributed by atoms with Gasteiger partial charge in [-0.1, -0.05) is 13.8 Å². The number of nitriles is 1. The van der Waals surface area contributed by atoms with Crippen LogP contribution in [-0.4, -0.2) is 64.0 Å². The SMILES string of the molecule is CC[C@H]1CN([C@@H](C)c2ccn3nc(C)c(F)c3n2)[C@H](CC)CN1c1nc(=O)n(C)c2cn(CC#N)nc12. The molecule has 3 atom stereocenters. The molecule has 194 valence electrons. The van der Waals surface area contributed by atoms with Gasteiger partial charge in [0.25, 0.3) is 0 Å². The summed E-state index contributed by atoms with van der Waals surface area (Å²) >= 11 is 0. The molecule has 1 aliphatic heterocycles. The van der Waals surface area contributed by atoms with Crippen LogP contribution in [0.4, 0.5) is 10.2 Å². The van der Waals surface area contributed by atoms with Crippen LogP contribution in [0.25, 0.3) is 16.7 Å². The van der Waals surface area contributed by atoms with Gasteiger partial charge < -0.3 is 4.90 Å². The molecule has 0 unspecified atom stereocenters. The van der Waals surface area contributed by atoms with Crippen LogP contribution in [0.5, 0.6) is 0 Å². The fourth-order valence-electron chi connectivity index (χ4n) is 5.34. The highest BCUT2D eigenvalue weighted by molar-refractivity contribution is 5.85. The summed E-state index contributed by atoms with van der Waals surface area (Å²) in [7, 11) is 1.67. The molecular formula is C25H31FN10O. The first-order valence-corrected chi connectivity index (χ1v) is 12.6. The first-order chi connectivity index (χ1) is 17.8. The van der Waals surface area contributed by atoms with Crippen LogP contribution in [0.1, 0.15) is 51.0 Å². The van der Waals surface area contributed by atoms with E-state index in [4.69, 9.17) is 5.26 Å². The number of rotatable bonds is 6. The van der Waals surface area contributed by atoms with Crippen LogP contribution in [0.3, 0.4) is 0 Å². The normalized spacial score (nSPS) is 19.5. The second-order valence-corrected chi connectivity index (χ2v) is 9.66. The Balaban J connectivity index is 1.51. The van der Waals surface area contributed by atoms with Gasteiger partial charge in [0.15, 0.2) is 22.8 Å². The molecule has 1 saturated heterocycles. The van der Waals surface area contributed by atoms with Gasteiger partial charge in [-0.25, -0.2) is 18.7 Å². The summed E-state index contributed by atoms with van der Waals surface area (Å²) in [6, 6.07) is 4.18. The molecule has 0 aromatic carbocycles. The summed E-state index contributed by atoms with van der Waals surface area (Å²) in [6.45, 7) is 9.47. The lowest BCUT2D eigenvalue weighted by atomic mass is 9.99. The Kier molecular flexibility index (Phi) is 6.41. The standard InChI is InChI=1S/C25H31FN10O/c1-6-17-13-35(24-22-20(32(5)25(37)29-24)14-33(31-22)11-9-27)18(7-2)12-34(17)16(4)19-8-10-36-23(28-19)21(26)15(3)30-36/h8,10,14,16-18H,6-7,11-13H2,1-5H3/t16-,17+,18-/m0/s1. The van der Waals surface area contributed by atoms with Crippen molar-refractivity contribution in [2.45, 2.75) is 65.2 Å². The molecule has 5 rings (SSSR count). The summed E-state index contributed by atoms with van der Waals surface area (Å²) in [4.78, 5) is 26.4. The molecule has 4 aromatic heterocycles. The molecule has 0 N–H and O–H groups in total. The Morgan fingerprint density at radius 1 is 1.19 bits per heavy atom. The number of halogens is 1. The van der Waals surface area contributed by atoms with Crippen molar-refractivity contribution in [2.75, 3.05) is 18.0 Å². The Morgan fingerprint density at radius 3 is 2.65 bits per heavy atom. The van der Waals surface area contributed by atoms with Crippen LogP contribution in [0.15, 0.2) is 23.3 Å². The van der Waals surface area contributed by atoms with Gasteiger partial charge >= 0.3 is 5.69 Å². The molecule has 1 aliphatic rings. The van der Waals surface area contributed by atoms with Crippen molar-refractivity contribution in [3.05, 3.63) is 46.1 Å². The minimum Gasteiger partial charge on any atom is -0.349 e. The molecule has 11 nitrogen and oxygen atoms in total. The molecule has 0 saturated carbocycles. The fraction of sp³-hybridized carbons (Fsp3) is 0.520. The summed E-state index contributed by atoms with van der Waals surface area (Å²) < 4.78 is 19.0. The van der Waals surface area contributed by atoms with Crippen molar-refractivity contribution in [3.8, 4) is 6.07 Å². The molecule has 0 spiro atoms. The molecule has 0 amide bonds. The van der Waals surface area contributed by atoms with E-state index in [0.717, 1.165) is 25.1 Å². The first-order valence-electron chi connectivity index (χ1n) is 12.6. The highest BCUT2D eigenvalue weighted by atomic mass is 19.1. The third-order valence-electron chi connectivity index (χ3n) is 7.53. The van der Waals surface area contributed by atoms with Gasteiger partial charge in [0.2, 0.25) is 0 Å². The minimum atomic E-state index is -0.395. The number of aromatic nitrogens is 7. The van der Waals surface area contributed by atoms with E-state index >= 15 is 0 Å². The molecule has 37 heavy (non-hydrogen) atoms. The van der Waals surface area contributed by atoms with Gasteiger partial charge in [0.05, 0.1) is 29.2 Å². The third kappa shape index (κ3) is 4.13. The van der Waals surface area contributed by atoms with E-state index in [-0.39, 0.29) is 36.0 Å². The number of nitrogens with zero attached hydrogens (tertiary/aromatic N) is 10. The minimum absolute atomic E-state index is 0.0489. The van der Waals surface area contributed by atoms with Crippen molar-refractivity contribution < 1.29 is 4.39 Å².